The third-order valence-electron chi connectivity index (χ3n) is 3.29. The number of rotatable bonds is 6. The lowest BCUT2D eigenvalue weighted by Gasteiger charge is -2.14. The Labute approximate surface area is 105 Å². The standard InChI is InChI=1S/C16H24O/c1-5-9-15(17)16-13(7-3)10-12(6-2)11-14(16)8-4/h10-11H,5-9H2,1-4H3. The van der Waals surface area contributed by atoms with E-state index in [4.69, 9.17) is 0 Å². The summed E-state index contributed by atoms with van der Waals surface area (Å²) in [7, 11) is 0. The van der Waals surface area contributed by atoms with Gasteiger partial charge < -0.3 is 0 Å². The second-order valence-corrected chi connectivity index (χ2v) is 4.52. The minimum Gasteiger partial charge on any atom is -0.294 e. The van der Waals surface area contributed by atoms with Crippen molar-refractivity contribution in [3.63, 3.8) is 0 Å². The minimum absolute atomic E-state index is 0.323. The number of ketones is 1. The molecule has 0 aliphatic rings. The minimum atomic E-state index is 0.323. The summed E-state index contributed by atoms with van der Waals surface area (Å²) in [6, 6.07) is 4.42. The molecule has 0 atom stereocenters. The van der Waals surface area contributed by atoms with Gasteiger partial charge in [-0.05, 0) is 42.4 Å². The van der Waals surface area contributed by atoms with Crippen molar-refractivity contribution in [2.45, 2.75) is 59.8 Å². The molecular formula is C16H24O. The summed E-state index contributed by atoms with van der Waals surface area (Å²) in [4.78, 5) is 12.2. The van der Waals surface area contributed by atoms with Crippen LogP contribution in [0.25, 0.3) is 0 Å². The normalized spacial score (nSPS) is 10.6. The van der Waals surface area contributed by atoms with Gasteiger partial charge in [0.15, 0.2) is 5.78 Å². The molecule has 0 amide bonds. The molecule has 0 heterocycles. The average Bonchev–Trinajstić information content (AvgIpc) is 2.37. The number of hydrogen-bond donors (Lipinski definition) is 0. The van der Waals surface area contributed by atoms with E-state index in [-0.39, 0.29) is 0 Å². The zero-order valence-electron chi connectivity index (χ0n) is 11.6. The maximum Gasteiger partial charge on any atom is 0.163 e. The first-order valence-electron chi connectivity index (χ1n) is 6.85. The maximum atomic E-state index is 12.2. The predicted molar refractivity (Wildman–Crippen MR) is 73.8 cm³/mol. The van der Waals surface area contributed by atoms with Crippen LogP contribution in [0.5, 0.6) is 0 Å². The molecule has 0 N–H and O–H groups in total. The average molecular weight is 232 g/mol. The van der Waals surface area contributed by atoms with Crippen molar-refractivity contribution in [1.82, 2.24) is 0 Å². The Morgan fingerprint density at radius 1 is 0.941 bits per heavy atom. The van der Waals surface area contributed by atoms with Gasteiger partial charge in [0.05, 0.1) is 0 Å². The quantitative estimate of drug-likeness (QED) is 0.666. The van der Waals surface area contributed by atoms with Crippen LogP contribution in [0.1, 0.15) is 67.6 Å². The summed E-state index contributed by atoms with van der Waals surface area (Å²) < 4.78 is 0. The highest BCUT2D eigenvalue weighted by molar-refractivity contribution is 5.99. The van der Waals surface area contributed by atoms with Crippen molar-refractivity contribution < 1.29 is 4.79 Å². The van der Waals surface area contributed by atoms with E-state index in [1.807, 2.05) is 0 Å². The van der Waals surface area contributed by atoms with Gasteiger partial charge in [-0.15, -0.1) is 0 Å². The zero-order valence-corrected chi connectivity index (χ0v) is 11.6. The maximum absolute atomic E-state index is 12.2. The van der Waals surface area contributed by atoms with E-state index in [0.717, 1.165) is 31.2 Å². The number of aryl methyl sites for hydroxylation is 3. The van der Waals surface area contributed by atoms with Gasteiger partial charge in [-0.2, -0.15) is 0 Å². The third kappa shape index (κ3) is 3.18. The van der Waals surface area contributed by atoms with E-state index in [1.54, 1.807) is 0 Å². The first-order valence-corrected chi connectivity index (χ1v) is 6.85. The summed E-state index contributed by atoms with van der Waals surface area (Å²) in [5, 5.41) is 0. The monoisotopic (exact) mass is 232 g/mol. The van der Waals surface area contributed by atoms with Gasteiger partial charge in [0.2, 0.25) is 0 Å². The molecule has 1 rings (SSSR count). The zero-order chi connectivity index (χ0) is 12.8. The molecule has 0 bridgehead atoms. The van der Waals surface area contributed by atoms with E-state index in [9.17, 15) is 4.79 Å². The molecule has 0 radical (unpaired) electrons. The van der Waals surface area contributed by atoms with Crippen LogP contribution in [0, 0.1) is 0 Å². The van der Waals surface area contributed by atoms with Crippen LogP contribution in [0.2, 0.25) is 0 Å². The van der Waals surface area contributed by atoms with Crippen molar-refractivity contribution in [3.05, 3.63) is 34.4 Å². The first-order chi connectivity index (χ1) is 8.17. The fourth-order valence-electron chi connectivity index (χ4n) is 2.31. The van der Waals surface area contributed by atoms with Gasteiger partial charge in [0.1, 0.15) is 0 Å². The first kappa shape index (κ1) is 14.0. The van der Waals surface area contributed by atoms with Gasteiger partial charge >= 0.3 is 0 Å². The second-order valence-electron chi connectivity index (χ2n) is 4.52. The number of carbonyl (C=O) groups is 1. The Balaban J connectivity index is 3.29. The van der Waals surface area contributed by atoms with Crippen LogP contribution in [0.15, 0.2) is 12.1 Å². The molecule has 1 aromatic rings. The van der Waals surface area contributed by atoms with Crippen molar-refractivity contribution in [2.24, 2.45) is 0 Å². The molecule has 0 aliphatic heterocycles. The Hall–Kier alpha value is -1.11. The molecule has 0 unspecified atom stereocenters. The topological polar surface area (TPSA) is 17.1 Å². The van der Waals surface area contributed by atoms with Crippen molar-refractivity contribution in [3.8, 4) is 0 Å². The summed E-state index contributed by atoms with van der Waals surface area (Å²) in [6.45, 7) is 8.51. The highest BCUT2D eigenvalue weighted by Crippen LogP contribution is 2.22. The molecular weight excluding hydrogens is 208 g/mol. The fourth-order valence-corrected chi connectivity index (χ4v) is 2.31. The Bertz CT molecular complexity index is 366. The van der Waals surface area contributed by atoms with E-state index >= 15 is 0 Å². The van der Waals surface area contributed by atoms with Gasteiger partial charge in [-0.1, -0.05) is 39.8 Å². The Morgan fingerprint density at radius 3 is 1.82 bits per heavy atom. The van der Waals surface area contributed by atoms with Crippen molar-refractivity contribution in [2.75, 3.05) is 0 Å². The van der Waals surface area contributed by atoms with E-state index in [0.29, 0.717) is 12.2 Å². The van der Waals surface area contributed by atoms with Crippen LogP contribution in [0.3, 0.4) is 0 Å². The summed E-state index contributed by atoms with van der Waals surface area (Å²) in [5.74, 6) is 0.323. The lowest BCUT2D eigenvalue weighted by molar-refractivity contribution is 0.0980. The van der Waals surface area contributed by atoms with Crippen LogP contribution >= 0.6 is 0 Å². The molecule has 0 aliphatic carbocycles. The van der Waals surface area contributed by atoms with Crippen LogP contribution in [-0.2, 0) is 19.3 Å². The van der Waals surface area contributed by atoms with E-state index in [2.05, 4.69) is 39.8 Å². The summed E-state index contributed by atoms with van der Waals surface area (Å²) in [6.07, 6.45) is 4.55. The van der Waals surface area contributed by atoms with Crippen molar-refractivity contribution >= 4 is 5.78 Å². The number of hydrogen-bond acceptors (Lipinski definition) is 1. The molecule has 1 aromatic carbocycles. The number of benzene rings is 1. The SMILES string of the molecule is CCCC(=O)c1c(CC)cc(CC)cc1CC. The Kier molecular flexibility index (Phi) is 5.40. The van der Waals surface area contributed by atoms with Crippen LogP contribution in [-0.4, -0.2) is 5.78 Å². The molecule has 0 spiro atoms. The van der Waals surface area contributed by atoms with Gasteiger partial charge in [0, 0.05) is 12.0 Å². The van der Waals surface area contributed by atoms with Crippen molar-refractivity contribution in [1.29, 1.82) is 0 Å². The molecule has 0 saturated heterocycles. The molecule has 1 heteroatoms. The third-order valence-corrected chi connectivity index (χ3v) is 3.29. The molecule has 0 fully saturated rings. The fraction of sp³-hybridized carbons (Fsp3) is 0.562. The highest BCUT2D eigenvalue weighted by atomic mass is 16.1. The van der Waals surface area contributed by atoms with Crippen LogP contribution < -0.4 is 0 Å². The molecule has 17 heavy (non-hydrogen) atoms. The predicted octanol–water partition coefficient (Wildman–Crippen LogP) is 4.36. The van der Waals surface area contributed by atoms with Gasteiger partial charge in [-0.3, -0.25) is 4.79 Å². The largest absolute Gasteiger partial charge is 0.294 e. The smallest absolute Gasteiger partial charge is 0.163 e. The molecule has 94 valence electrons. The molecule has 1 nitrogen and oxygen atoms in total. The van der Waals surface area contributed by atoms with E-state index < -0.39 is 0 Å². The second kappa shape index (κ2) is 6.58. The number of Topliss-reactive ketones (excluding diaryl/α,β-unsaturated/α-hetero) is 1. The molecule has 0 saturated carbocycles. The molecule has 0 aromatic heterocycles. The summed E-state index contributed by atoms with van der Waals surface area (Å²) in [5.41, 5.74) is 4.83. The van der Waals surface area contributed by atoms with Gasteiger partial charge in [-0.25, -0.2) is 0 Å². The number of carbonyl (C=O) groups excluding carboxylic acids is 1. The highest BCUT2D eigenvalue weighted by Gasteiger charge is 2.14. The summed E-state index contributed by atoms with van der Waals surface area (Å²) >= 11 is 0. The van der Waals surface area contributed by atoms with Gasteiger partial charge in [0.25, 0.3) is 0 Å². The van der Waals surface area contributed by atoms with Crippen LogP contribution in [0.4, 0.5) is 0 Å². The lowest BCUT2D eigenvalue weighted by atomic mass is 9.90. The van der Waals surface area contributed by atoms with E-state index in [1.165, 1.54) is 16.7 Å². The lowest BCUT2D eigenvalue weighted by Crippen LogP contribution is -2.08. The Morgan fingerprint density at radius 2 is 1.47 bits per heavy atom.